The van der Waals surface area contributed by atoms with Gasteiger partial charge in [-0.2, -0.15) is 0 Å². The molecule has 0 aromatic rings. The first-order chi connectivity index (χ1) is 9.58. The summed E-state index contributed by atoms with van der Waals surface area (Å²) >= 11 is 0. The van der Waals surface area contributed by atoms with Crippen LogP contribution < -0.4 is 0 Å². The highest BCUT2D eigenvalue weighted by Gasteiger charge is 2.44. The van der Waals surface area contributed by atoms with Crippen molar-refractivity contribution in [3.05, 3.63) is 0 Å². The van der Waals surface area contributed by atoms with Crippen molar-refractivity contribution >= 4 is 5.97 Å². The van der Waals surface area contributed by atoms with Crippen LogP contribution in [0.3, 0.4) is 0 Å². The Balaban J connectivity index is 2.46. The molecule has 0 aromatic carbocycles. The third-order valence-corrected chi connectivity index (χ3v) is 5.34. The summed E-state index contributed by atoms with van der Waals surface area (Å²) in [5.74, 6) is 0.693. The fraction of sp³-hybridized carbons (Fsp3) is 0.944. The van der Waals surface area contributed by atoms with Crippen LogP contribution >= 0.6 is 0 Å². The number of carbonyl (C=O) groups is 1. The highest BCUT2D eigenvalue weighted by atomic mass is 16.5. The molecule has 1 heterocycles. The van der Waals surface area contributed by atoms with Gasteiger partial charge in [-0.1, -0.05) is 26.7 Å². The summed E-state index contributed by atoms with van der Waals surface area (Å²) in [4.78, 5) is 14.5. The molecule has 1 saturated heterocycles. The van der Waals surface area contributed by atoms with Crippen LogP contribution in [0.5, 0.6) is 0 Å². The summed E-state index contributed by atoms with van der Waals surface area (Å²) in [6.45, 7) is 13.4. The number of rotatable bonds is 6. The smallest absolute Gasteiger partial charge is 0.306 e. The standard InChI is InChI=1S/C18H35NO2/c1-8-14(2)10-9-11-16(20)21-15-12-17(3,4)19(7)18(5,6)13-15/h14-15H,8-13H2,1-7H3. The van der Waals surface area contributed by atoms with Crippen LogP contribution in [0.15, 0.2) is 0 Å². The largest absolute Gasteiger partial charge is 0.462 e. The van der Waals surface area contributed by atoms with Gasteiger partial charge in [0, 0.05) is 30.3 Å². The third kappa shape index (κ3) is 5.28. The van der Waals surface area contributed by atoms with Gasteiger partial charge in [0.25, 0.3) is 0 Å². The van der Waals surface area contributed by atoms with E-state index in [2.05, 4.69) is 53.5 Å². The Kier molecular flexibility index (Phi) is 6.27. The molecule has 1 rings (SSSR count). The minimum Gasteiger partial charge on any atom is -0.462 e. The minimum atomic E-state index is -0.0144. The summed E-state index contributed by atoms with van der Waals surface area (Å²) in [5.41, 5.74) is 0.146. The molecular formula is C18H35NO2. The molecule has 0 saturated carbocycles. The molecule has 124 valence electrons. The van der Waals surface area contributed by atoms with Crippen molar-refractivity contribution in [3.63, 3.8) is 0 Å². The predicted molar refractivity (Wildman–Crippen MR) is 88.3 cm³/mol. The van der Waals surface area contributed by atoms with E-state index in [9.17, 15) is 4.79 Å². The zero-order valence-electron chi connectivity index (χ0n) is 15.2. The van der Waals surface area contributed by atoms with Gasteiger partial charge < -0.3 is 4.74 Å². The average molecular weight is 297 g/mol. The second-order valence-corrected chi connectivity index (χ2v) is 8.11. The summed E-state index contributed by atoms with van der Waals surface area (Å²) in [5, 5.41) is 0. The molecule has 3 nitrogen and oxygen atoms in total. The van der Waals surface area contributed by atoms with E-state index in [1.807, 2.05) is 0 Å². The van der Waals surface area contributed by atoms with Crippen LogP contribution in [0.2, 0.25) is 0 Å². The minimum absolute atomic E-state index is 0.0144. The number of carbonyl (C=O) groups excluding carboxylic acids is 1. The maximum atomic E-state index is 12.0. The first kappa shape index (κ1) is 18.5. The van der Waals surface area contributed by atoms with Crippen LogP contribution in [0, 0.1) is 5.92 Å². The van der Waals surface area contributed by atoms with E-state index in [0.717, 1.165) is 25.7 Å². The fourth-order valence-electron chi connectivity index (χ4n) is 3.41. The number of ether oxygens (including phenoxy) is 1. The average Bonchev–Trinajstić information content (AvgIpc) is 2.34. The van der Waals surface area contributed by atoms with Gasteiger partial charge in [-0.25, -0.2) is 0 Å². The zero-order valence-corrected chi connectivity index (χ0v) is 15.2. The quantitative estimate of drug-likeness (QED) is 0.681. The molecule has 0 radical (unpaired) electrons. The van der Waals surface area contributed by atoms with Gasteiger partial charge in [0.05, 0.1) is 0 Å². The van der Waals surface area contributed by atoms with Gasteiger partial charge in [0.15, 0.2) is 0 Å². The first-order valence-corrected chi connectivity index (χ1v) is 8.52. The Hall–Kier alpha value is -0.570. The topological polar surface area (TPSA) is 29.5 Å². The molecular weight excluding hydrogens is 262 g/mol. The van der Waals surface area contributed by atoms with Gasteiger partial charge in [-0.3, -0.25) is 9.69 Å². The van der Waals surface area contributed by atoms with Crippen molar-refractivity contribution in [1.82, 2.24) is 4.90 Å². The molecule has 1 aliphatic heterocycles. The van der Waals surface area contributed by atoms with Crippen molar-refractivity contribution < 1.29 is 9.53 Å². The molecule has 21 heavy (non-hydrogen) atoms. The Morgan fingerprint density at radius 3 is 2.24 bits per heavy atom. The molecule has 0 N–H and O–H groups in total. The number of nitrogens with zero attached hydrogens (tertiary/aromatic N) is 1. The predicted octanol–water partition coefficient (Wildman–Crippen LogP) is 4.40. The number of hydrogen-bond acceptors (Lipinski definition) is 3. The van der Waals surface area contributed by atoms with Gasteiger partial charge in [-0.15, -0.1) is 0 Å². The highest BCUT2D eigenvalue weighted by molar-refractivity contribution is 5.69. The van der Waals surface area contributed by atoms with Crippen molar-refractivity contribution in [2.24, 2.45) is 5.92 Å². The molecule has 0 aromatic heterocycles. The van der Waals surface area contributed by atoms with Crippen LogP contribution in [0.25, 0.3) is 0 Å². The lowest BCUT2D eigenvalue weighted by molar-refractivity contribution is -0.159. The van der Waals surface area contributed by atoms with Crippen LogP contribution in [0.1, 0.15) is 80.1 Å². The fourth-order valence-corrected chi connectivity index (χ4v) is 3.41. The molecule has 3 heteroatoms. The summed E-state index contributed by atoms with van der Waals surface area (Å²) in [6.07, 6.45) is 5.73. The normalized spacial score (nSPS) is 23.8. The van der Waals surface area contributed by atoms with Gasteiger partial charge in [0.1, 0.15) is 6.10 Å². The summed E-state index contributed by atoms with van der Waals surface area (Å²) < 4.78 is 5.76. The summed E-state index contributed by atoms with van der Waals surface area (Å²) in [7, 11) is 2.17. The molecule has 0 spiro atoms. The lowest BCUT2D eigenvalue weighted by Gasteiger charge is -2.53. The maximum absolute atomic E-state index is 12.0. The lowest BCUT2D eigenvalue weighted by atomic mass is 9.79. The van der Waals surface area contributed by atoms with Crippen molar-refractivity contribution in [2.45, 2.75) is 97.2 Å². The second kappa shape index (κ2) is 7.13. The van der Waals surface area contributed by atoms with Crippen molar-refractivity contribution in [3.8, 4) is 0 Å². The van der Waals surface area contributed by atoms with Gasteiger partial charge in [0.2, 0.25) is 0 Å². The molecule has 0 bridgehead atoms. The van der Waals surface area contributed by atoms with E-state index in [0.29, 0.717) is 12.3 Å². The molecule has 0 aliphatic carbocycles. The number of hydrogen-bond donors (Lipinski definition) is 0. The van der Waals surface area contributed by atoms with E-state index >= 15 is 0 Å². The Morgan fingerprint density at radius 2 is 1.76 bits per heavy atom. The Bertz CT molecular complexity index is 331. The molecule has 0 amide bonds. The Morgan fingerprint density at radius 1 is 1.24 bits per heavy atom. The SMILES string of the molecule is CCC(C)CCCC(=O)OC1CC(C)(C)N(C)C(C)(C)C1. The van der Waals surface area contributed by atoms with Crippen molar-refractivity contribution in [2.75, 3.05) is 7.05 Å². The molecule has 1 atom stereocenters. The second-order valence-electron chi connectivity index (χ2n) is 8.11. The van der Waals surface area contributed by atoms with E-state index in [-0.39, 0.29) is 23.2 Å². The summed E-state index contributed by atoms with van der Waals surface area (Å²) in [6, 6.07) is 0. The maximum Gasteiger partial charge on any atom is 0.306 e. The third-order valence-electron chi connectivity index (χ3n) is 5.34. The molecule has 1 unspecified atom stereocenters. The van der Waals surface area contributed by atoms with Crippen LogP contribution in [0.4, 0.5) is 0 Å². The van der Waals surface area contributed by atoms with Gasteiger partial charge >= 0.3 is 5.97 Å². The van der Waals surface area contributed by atoms with E-state index < -0.39 is 0 Å². The zero-order chi connectivity index (χ0) is 16.3. The van der Waals surface area contributed by atoms with E-state index in [4.69, 9.17) is 4.74 Å². The number of piperidine rings is 1. The number of likely N-dealkylation sites (tertiary alicyclic amines) is 1. The van der Waals surface area contributed by atoms with Gasteiger partial charge in [-0.05, 0) is 47.1 Å². The van der Waals surface area contributed by atoms with E-state index in [1.165, 1.54) is 6.42 Å². The Labute approximate surface area is 131 Å². The van der Waals surface area contributed by atoms with Crippen LogP contribution in [-0.2, 0) is 9.53 Å². The van der Waals surface area contributed by atoms with Crippen LogP contribution in [-0.4, -0.2) is 35.1 Å². The molecule has 1 fully saturated rings. The van der Waals surface area contributed by atoms with Crippen molar-refractivity contribution in [1.29, 1.82) is 0 Å². The highest BCUT2D eigenvalue weighted by Crippen LogP contribution is 2.38. The van der Waals surface area contributed by atoms with E-state index in [1.54, 1.807) is 0 Å². The number of esters is 1. The molecule has 1 aliphatic rings. The first-order valence-electron chi connectivity index (χ1n) is 8.52. The monoisotopic (exact) mass is 297 g/mol. The lowest BCUT2D eigenvalue weighted by Crippen LogP contribution is -2.60.